The third-order valence-corrected chi connectivity index (χ3v) is 10.3. The van der Waals surface area contributed by atoms with Crippen LogP contribution in [0.5, 0.6) is 0 Å². The molecule has 52 heavy (non-hydrogen) atoms. The van der Waals surface area contributed by atoms with E-state index in [0.717, 1.165) is 55.3 Å². The van der Waals surface area contributed by atoms with Gasteiger partial charge in [0.05, 0.1) is 0 Å². The van der Waals surface area contributed by atoms with Gasteiger partial charge in [0.15, 0.2) is 23.1 Å². The van der Waals surface area contributed by atoms with E-state index in [1.165, 1.54) is 22.3 Å². The van der Waals surface area contributed by atoms with Crippen molar-refractivity contribution in [2.24, 2.45) is 0 Å². The Morgan fingerprint density at radius 1 is 0.442 bits per heavy atom. The summed E-state index contributed by atoms with van der Waals surface area (Å²) in [6.45, 7) is 4.63. The number of oxazole rings is 1. The average molecular weight is 669 g/mol. The fraction of sp³-hybridized carbons (Fsp3) is 0.0638. The molecule has 0 saturated heterocycles. The van der Waals surface area contributed by atoms with E-state index < -0.39 is 0 Å². The first-order valence-electron chi connectivity index (χ1n) is 17.6. The quantitative estimate of drug-likeness (QED) is 0.183. The van der Waals surface area contributed by atoms with Crippen molar-refractivity contribution < 1.29 is 4.42 Å². The average Bonchev–Trinajstić information content (AvgIpc) is 3.75. The predicted molar refractivity (Wildman–Crippen MR) is 210 cm³/mol. The maximum Gasteiger partial charge on any atom is 0.227 e. The molecule has 10 rings (SSSR count). The molecule has 0 aliphatic heterocycles. The molecule has 0 fully saturated rings. The lowest BCUT2D eigenvalue weighted by atomic mass is 9.82. The van der Waals surface area contributed by atoms with Gasteiger partial charge in [-0.05, 0) is 69.1 Å². The largest absolute Gasteiger partial charge is 0.435 e. The highest BCUT2D eigenvalue weighted by molar-refractivity contribution is 6.14. The molecule has 9 aromatic rings. The molecule has 0 amide bonds. The lowest BCUT2D eigenvalue weighted by Gasteiger charge is -2.21. The maximum absolute atomic E-state index is 6.61. The molecule has 2 heterocycles. The van der Waals surface area contributed by atoms with Crippen molar-refractivity contribution in [2.75, 3.05) is 0 Å². The highest BCUT2D eigenvalue weighted by Crippen LogP contribution is 2.53. The molecule has 2 aromatic heterocycles. The molecule has 0 saturated carbocycles. The van der Waals surface area contributed by atoms with Crippen LogP contribution in [0.3, 0.4) is 0 Å². The minimum absolute atomic E-state index is 0.184. The molecule has 1 aliphatic rings. The van der Waals surface area contributed by atoms with Crippen LogP contribution in [0.2, 0.25) is 0 Å². The molecular formula is C47H32N4O. The fourth-order valence-corrected chi connectivity index (χ4v) is 7.70. The second kappa shape index (κ2) is 11.7. The van der Waals surface area contributed by atoms with Crippen molar-refractivity contribution in [1.82, 2.24) is 19.9 Å². The van der Waals surface area contributed by atoms with E-state index in [4.69, 9.17) is 24.4 Å². The van der Waals surface area contributed by atoms with Gasteiger partial charge in [-0.3, -0.25) is 0 Å². The summed E-state index contributed by atoms with van der Waals surface area (Å²) < 4.78 is 6.61. The Kier molecular flexibility index (Phi) is 6.77. The van der Waals surface area contributed by atoms with Crippen LogP contribution in [0.15, 0.2) is 162 Å². The summed E-state index contributed by atoms with van der Waals surface area (Å²) in [4.78, 5) is 19.8. The lowest BCUT2D eigenvalue weighted by molar-refractivity contribution is 0.623. The van der Waals surface area contributed by atoms with Crippen LogP contribution < -0.4 is 0 Å². The normalized spacial score (nSPS) is 13.0. The Bertz CT molecular complexity index is 2750. The summed E-state index contributed by atoms with van der Waals surface area (Å²) in [6.07, 6.45) is 0. The molecule has 0 spiro atoms. The van der Waals surface area contributed by atoms with Crippen molar-refractivity contribution in [2.45, 2.75) is 19.3 Å². The van der Waals surface area contributed by atoms with Gasteiger partial charge < -0.3 is 4.42 Å². The summed E-state index contributed by atoms with van der Waals surface area (Å²) in [5.41, 5.74) is 12.5. The van der Waals surface area contributed by atoms with Crippen molar-refractivity contribution in [3.63, 3.8) is 0 Å². The zero-order chi connectivity index (χ0) is 34.8. The van der Waals surface area contributed by atoms with Gasteiger partial charge in [-0.2, -0.15) is 0 Å². The fourth-order valence-electron chi connectivity index (χ4n) is 7.70. The number of rotatable bonds is 5. The standard InChI is InChI=1S/C47H32N4O/c1-47(2)37-24-22-34(28-36(37)41-38(47)25-21-29-23-26-39-42(40(29)41)52-46(48-39)32-17-10-5-11-18-32)33-19-12-20-35(27-33)45-50-43(30-13-6-3-7-14-30)49-44(51-45)31-15-8-4-9-16-31/h3-28H,1-2H3. The highest BCUT2D eigenvalue weighted by atomic mass is 16.3. The van der Waals surface area contributed by atoms with Crippen molar-refractivity contribution >= 4 is 21.9 Å². The summed E-state index contributed by atoms with van der Waals surface area (Å²) >= 11 is 0. The van der Waals surface area contributed by atoms with Crippen molar-refractivity contribution in [3.05, 3.63) is 169 Å². The van der Waals surface area contributed by atoms with Crippen LogP contribution in [0.4, 0.5) is 0 Å². The van der Waals surface area contributed by atoms with Crippen LogP contribution in [0.25, 0.3) is 89.7 Å². The first kappa shape index (κ1) is 30.1. The Morgan fingerprint density at radius 2 is 0.981 bits per heavy atom. The molecule has 0 unspecified atom stereocenters. The van der Waals surface area contributed by atoms with E-state index in [-0.39, 0.29) is 5.41 Å². The van der Waals surface area contributed by atoms with E-state index in [1.807, 2.05) is 91.0 Å². The van der Waals surface area contributed by atoms with Gasteiger partial charge in [-0.25, -0.2) is 19.9 Å². The zero-order valence-electron chi connectivity index (χ0n) is 28.7. The number of hydrogen-bond acceptors (Lipinski definition) is 5. The van der Waals surface area contributed by atoms with E-state index in [9.17, 15) is 0 Å². The third kappa shape index (κ3) is 4.85. The first-order valence-corrected chi connectivity index (χ1v) is 17.6. The molecule has 7 aromatic carbocycles. The van der Waals surface area contributed by atoms with Crippen LogP contribution in [0, 0.1) is 0 Å². The SMILES string of the molecule is CC1(C)c2ccc(-c3cccc(-c4nc(-c5ccccc5)nc(-c5ccccc5)n4)c3)cc2-c2c1ccc1ccc3nc(-c4ccccc4)oc3c21. The molecule has 0 N–H and O–H groups in total. The van der Waals surface area contributed by atoms with Gasteiger partial charge in [-0.15, -0.1) is 0 Å². The number of aromatic nitrogens is 4. The van der Waals surface area contributed by atoms with Crippen LogP contribution in [-0.4, -0.2) is 19.9 Å². The van der Waals surface area contributed by atoms with Gasteiger partial charge >= 0.3 is 0 Å². The van der Waals surface area contributed by atoms with E-state index in [2.05, 4.69) is 80.6 Å². The van der Waals surface area contributed by atoms with E-state index in [1.54, 1.807) is 0 Å². The third-order valence-electron chi connectivity index (χ3n) is 10.3. The molecule has 1 aliphatic carbocycles. The van der Waals surface area contributed by atoms with Crippen LogP contribution in [0.1, 0.15) is 25.0 Å². The molecular weight excluding hydrogens is 637 g/mol. The zero-order valence-corrected chi connectivity index (χ0v) is 28.7. The number of benzene rings is 7. The van der Waals surface area contributed by atoms with E-state index in [0.29, 0.717) is 23.4 Å². The second-order valence-electron chi connectivity index (χ2n) is 13.9. The Balaban J connectivity index is 1.12. The maximum atomic E-state index is 6.61. The van der Waals surface area contributed by atoms with Crippen molar-refractivity contribution in [3.8, 4) is 67.9 Å². The molecule has 0 bridgehead atoms. The Morgan fingerprint density at radius 3 is 1.65 bits per heavy atom. The molecule has 5 heteroatoms. The molecule has 0 atom stereocenters. The molecule has 0 radical (unpaired) electrons. The number of hydrogen-bond donors (Lipinski definition) is 0. The Hall–Kier alpha value is -6.72. The van der Waals surface area contributed by atoms with Gasteiger partial charge in [0.1, 0.15) is 5.52 Å². The van der Waals surface area contributed by atoms with Gasteiger partial charge in [-0.1, -0.05) is 141 Å². The van der Waals surface area contributed by atoms with E-state index >= 15 is 0 Å². The minimum Gasteiger partial charge on any atom is -0.435 e. The smallest absolute Gasteiger partial charge is 0.227 e. The van der Waals surface area contributed by atoms with Crippen LogP contribution in [-0.2, 0) is 5.41 Å². The topological polar surface area (TPSA) is 64.7 Å². The number of nitrogens with zero attached hydrogens (tertiary/aromatic N) is 4. The second-order valence-corrected chi connectivity index (χ2v) is 13.9. The van der Waals surface area contributed by atoms with Crippen LogP contribution >= 0.6 is 0 Å². The molecule has 246 valence electrons. The van der Waals surface area contributed by atoms with Gasteiger partial charge in [0.25, 0.3) is 0 Å². The first-order chi connectivity index (χ1) is 25.5. The monoisotopic (exact) mass is 668 g/mol. The van der Waals surface area contributed by atoms with Gasteiger partial charge in [0.2, 0.25) is 5.89 Å². The van der Waals surface area contributed by atoms with Gasteiger partial charge in [0, 0.05) is 33.1 Å². The predicted octanol–water partition coefficient (Wildman–Crippen LogP) is 11.8. The summed E-state index contributed by atoms with van der Waals surface area (Å²) in [5, 5.41) is 2.24. The summed E-state index contributed by atoms with van der Waals surface area (Å²) in [6, 6.07) is 54.4. The minimum atomic E-state index is -0.184. The lowest BCUT2D eigenvalue weighted by Crippen LogP contribution is -2.14. The highest BCUT2D eigenvalue weighted by Gasteiger charge is 2.37. The number of fused-ring (bicyclic) bond motifs is 7. The summed E-state index contributed by atoms with van der Waals surface area (Å²) in [5.74, 6) is 2.56. The van der Waals surface area contributed by atoms with Crippen molar-refractivity contribution in [1.29, 1.82) is 0 Å². The Labute approximate surface area is 301 Å². The summed E-state index contributed by atoms with van der Waals surface area (Å²) in [7, 11) is 0. The molecule has 5 nitrogen and oxygen atoms in total.